The number of aromatic hydroxyl groups is 1. The van der Waals surface area contributed by atoms with Crippen molar-refractivity contribution in [1.82, 2.24) is 25.2 Å². The van der Waals surface area contributed by atoms with Crippen LogP contribution in [0.15, 0.2) is 36.4 Å². The van der Waals surface area contributed by atoms with Crippen LogP contribution in [0.3, 0.4) is 0 Å². The van der Waals surface area contributed by atoms with E-state index in [1.807, 2.05) is 38.1 Å². The van der Waals surface area contributed by atoms with Crippen LogP contribution in [-0.2, 0) is 0 Å². The Labute approximate surface area is 244 Å². The predicted octanol–water partition coefficient (Wildman–Crippen LogP) is 4.89. The van der Waals surface area contributed by atoms with E-state index in [2.05, 4.69) is 20.1 Å². The van der Waals surface area contributed by atoms with E-state index in [0.717, 1.165) is 62.6 Å². The monoisotopic (exact) mass is 572 g/mol. The van der Waals surface area contributed by atoms with Crippen molar-refractivity contribution in [2.75, 3.05) is 50.8 Å². The lowest BCUT2D eigenvalue weighted by Gasteiger charge is -2.35. The van der Waals surface area contributed by atoms with Crippen LogP contribution in [0, 0.1) is 5.82 Å². The summed E-state index contributed by atoms with van der Waals surface area (Å²) in [6.45, 7) is 9.27. The van der Waals surface area contributed by atoms with Gasteiger partial charge in [0.2, 0.25) is 5.88 Å². The summed E-state index contributed by atoms with van der Waals surface area (Å²) in [6, 6.07) is 11.0. The highest BCUT2D eigenvalue weighted by Gasteiger charge is 2.45. The molecule has 9 nitrogen and oxygen atoms in total. The number of pyridine rings is 1. The van der Waals surface area contributed by atoms with Gasteiger partial charge in [-0.05, 0) is 61.7 Å². The zero-order valence-electron chi connectivity index (χ0n) is 24.2. The van der Waals surface area contributed by atoms with E-state index in [9.17, 15) is 5.11 Å². The van der Waals surface area contributed by atoms with Gasteiger partial charge in [0.25, 0.3) is 0 Å². The third-order valence-electron chi connectivity index (χ3n) is 9.13. The highest BCUT2D eigenvalue weighted by Crippen LogP contribution is 2.43. The van der Waals surface area contributed by atoms with Crippen molar-refractivity contribution in [3.63, 3.8) is 0 Å². The first-order valence-electron chi connectivity index (χ1n) is 15.2. The summed E-state index contributed by atoms with van der Waals surface area (Å²) >= 11 is 0. The third kappa shape index (κ3) is 4.39. The summed E-state index contributed by atoms with van der Waals surface area (Å²) in [7, 11) is 0. The van der Waals surface area contributed by atoms with Crippen molar-refractivity contribution < 1.29 is 19.0 Å². The first kappa shape index (κ1) is 27.1. The minimum atomic E-state index is -0.582. The van der Waals surface area contributed by atoms with Crippen molar-refractivity contribution in [2.24, 2.45) is 0 Å². The van der Waals surface area contributed by atoms with Crippen molar-refractivity contribution in [2.45, 2.75) is 51.1 Å². The van der Waals surface area contributed by atoms with E-state index >= 15 is 4.39 Å². The molecule has 3 saturated heterocycles. The molecule has 2 aromatic carbocycles. The first-order chi connectivity index (χ1) is 20.6. The van der Waals surface area contributed by atoms with Gasteiger partial charge in [0.1, 0.15) is 41.4 Å². The number of anilines is 1. The molecule has 1 atom stereocenters. The SMILES string of the molecule is CC.Oc1cc(-c2nc3c4c(nc(OCC56CCCN5CCC6)nc4c2F)N2CCNC[C@H]2CO3)c2ccccc2c1. The van der Waals surface area contributed by atoms with E-state index < -0.39 is 5.82 Å². The molecule has 3 fully saturated rings. The molecule has 2 N–H and O–H groups in total. The quantitative estimate of drug-likeness (QED) is 0.354. The zero-order chi connectivity index (χ0) is 28.8. The number of halogens is 1. The Bertz CT molecular complexity index is 1640. The van der Waals surface area contributed by atoms with Crippen LogP contribution in [0.5, 0.6) is 17.6 Å². The third-order valence-corrected chi connectivity index (χ3v) is 9.13. The number of phenolic OH excluding ortho intramolecular Hbond substituents is 1. The lowest BCUT2D eigenvalue weighted by Crippen LogP contribution is -2.53. The van der Waals surface area contributed by atoms with E-state index in [1.54, 1.807) is 12.1 Å². The Kier molecular flexibility index (Phi) is 6.98. The highest BCUT2D eigenvalue weighted by atomic mass is 19.1. The Morgan fingerprint density at radius 1 is 1.10 bits per heavy atom. The molecule has 8 rings (SSSR count). The number of rotatable bonds is 4. The molecule has 0 saturated carbocycles. The van der Waals surface area contributed by atoms with Crippen LogP contribution < -0.4 is 19.7 Å². The number of nitrogens with zero attached hydrogens (tertiary/aromatic N) is 5. The van der Waals surface area contributed by atoms with Crippen LogP contribution in [0.2, 0.25) is 0 Å². The van der Waals surface area contributed by atoms with Gasteiger partial charge in [0, 0.05) is 25.2 Å². The Balaban J connectivity index is 0.00000141. The lowest BCUT2D eigenvalue weighted by atomic mass is 9.95. The molecular weight excluding hydrogens is 535 g/mol. The number of benzene rings is 2. The summed E-state index contributed by atoms with van der Waals surface area (Å²) in [4.78, 5) is 18.9. The molecular formula is C32H37FN6O3. The highest BCUT2D eigenvalue weighted by molar-refractivity contribution is 6.01. The largest absolute Gasteiger partial charge is 0.508 e. The normalized spacial score (nSPS) is 20.8. The van der Waals surface area contributed by atoms with Crippen molar-refractivity contribution in [3.8, 4) is 28.9 Å². The number of hydrogen-bond acceptors (Lipinski definition) is 9. The van der Waals surface area contributed by atoms with Crippen LogP contribution in [0.25, 0.3) is 32.9 Å². The summed E-state index contributed by atoms with van der Waals surface area (Å²) in [5.41, 5.74) is 0.701. The second kappa shape index (κ2) is 10.8. The molecule has 0 aliphatic carbocycles. The molecule has 0 spiro atoms. The fourth-order valence-corrected chi connectivity index (χ4v) is 7.17. The van der Waals surface area contributed by atoms with Crippen LogP contribution >= 0.6 is 0 Å². The number of piperazine rings is 1. The average molecular weight is 573 g/mol. The molecule has 4 aromatic rings. The summed E-state index contributed by atoms with van der Waals surface area (Å²) in [5, 5.41) is 15.9. The molecule has 10 heteroatoms. The van der Waals surface area contributed by atoms with Gasteiger partial charge in [-0.2, -0.15) is 9.97 Å². The molecule has 0 amide bonds. The lowest BCUT2D eigenvalue weighted by molar-refractivity contribution is 0.108. The van der Waals surface area contributed by atoms with Gasteiger partial charge in [0.05, 0.1) is 11.6 Å². The van der Waals surface area contributed by atoms with Crippen molar-refractivity contribution >= 4 is 27.5 Å². The average Bonchev–Trinajstić information content (AvgIpc) is 3.56. The molecule has 2 aromatic heterocycles. The molecule has 0 radical (unpaired) electrons. The van der Waals surface area contributed by atoms with Gasteiger partial charge in [-0.1, -0.05) is 38.1 Å². The van der Waals surface area contributed by atoms with Gasteiger partial charge in [-0.15, -0.1) is 0 Å². The maximum absolute atomic E-state index is 16.6. The standard InChI is InChI=1S/C30H31FN6O3.C2H6/c31-24-25(22-14-20(38)13-18-5-1-2-6-21(18)22)33-28-23-26(24)34-29(40-17-30-7-3-10-36(30)11-4-8-30)35-27(23)37-12-9-32-15-19(37)16-39-28;1-2/h1-2,5-6,13-14,19,32,38H,3-4,7-12,15-17H2;1-2H3/t19-;/m0./s1. The van der Waals surface area contributed by atoms with E-state index in [1.165, 1.54) is 0 Å². The number of hydrogen-bond donors (Lipinski definition) is 2. The number of ether oxygens (including phenoxy) is 2. The summed E-state index contributed by atoms with van der Waals surface area (Å²) in [6.07, 6.45) is 4.52. The summed E-state index contributed by atoms with van der Waals surface area (Å²) < 4.78 is 29.2. The van der Waals surface area contributed by atoms with Gasteiger partial charge in [-0.3, -0.25) is 4.90 Å². The second-order valence-electron chi connectivity index (χ2n) is 11.4. The fraction of sp³-hybridized carbons (Fsp3) is 0.469. The predicted molar refractivity (Wildman–Crippen MR) is 161 cm³/mol. The Morgan fingerprint density at radius 2 is 1.90 bits per heavy atom. The molecule has 4 aliphatic heterocycles. The number of nitrogens with one attached hydrogen (secondary N) is 1. The maximum Gasteiger partial charge on any atom is 0.319 e. The molecule has 0 bridgehead atoms. The van der Waals surface area contributed by atoms with E-state index in [-0.39, 0.29) is 34.6 Å². The number of fused-ring (bicyclic) bond motifs is 4. The molecule has 6 heterocycles. The van der Waals surface area contributed by atoms with Crippen molar-refractivity contribution in [1.29, 1.82) is 0 Å². The topological polar surface area (TPSA) is 95.9 Å². The van der Waals surface area contributed by atoms with Crippen LogP contribution in [-0.4, -0.2) is 82.5 Å². The second-order valence-corrected chi connectivity index (χ2v) is 11.4. The van der Waals surface area contributed by atoms with Crippen LogP contribution in [0.4, 0.5) is 10.2 Å². The summed E-state index contributed by atoms with van der Waals surface area (Å²) in [5.74, 6) is 0.354. The van der Waals surface area contributed by atoms with Gasteiger partial charge in [-0.25, -0.2) is 9.37 Å². The zero-order valence-corrected chi connectivity index (χ0v) is 24.2. The van der Waals surface area contributed by atoms with Gasteiger partial charge in [0.15, 0.2) is 5.82 Å². The molecule has 4 aliphatic rings. The minimum Gasteiger partial charge on any atom is -0.508 e. The Morgan fingerprint density at radius 3 is 2.74 bits per heavy atom. The van der Waals surface area contributed by atoms with E-state index in [0.29, 0.717) is 42.4 Å². The van der Waals surface area contributed by atoms with Gasteiger partial charge >= 0.3 is 6.01 Å². The molecule has 0 unspecified atom stereocenters. The van der Waals surface area contributed by atoms with Gasteiger partial charge < -0.3 is 24.8 Å². The number of phenols is 1. The minimum absolute atomic E-state index is 0.0146. The van der Waals surface area contributed by atoms with E-state index in [4.69, 9.17) is 19.4 Å². The first-order valence-corrected chi connectivity index (χ1v) is 15.2. The fourth-order valence-electron chi connectivity index (χ4n) is 7.17. The Hall–Kier alpha value is -3.76. The maximum atomic E-state index is 16.6. The molecule has 220 valence electrons. The molecule has 42 heavy (non-hydrogen) atoms. The smallest absolute Gasteiger partial charge is 0.319 e. The van der Waals surface area contributed by atoms with Crippen molar-refractivity contribution in [3.05, 3.63) is 42.2 Å². The number of aromatic nitrogens is 3. The van der Waals surface area contributed by atoms with Crippen LogP contribution in [0.1, 0.15) is 39.5 Å².